The molecule has 1 unspecified atom stereocenters. The number of hydrogen-bond acceptors (Lipinski definition) is 13. The Labute approximate surface area is 329 Å². The number of rotatable bonds is 14. The lowest BCUT2D eigenvalue weighted by molar-refractivity contribution is -0.116. The first-order chi connectivity index (χ1) is 27.3. The van der Waals surface area contributed by atoms with Gasteiger partial charge in [-0.3, -0.25) is 19.7 Å². The number of hydrogen-bond donors (Lipinski definition) is 4. The van der Waals surface area contributed by atoms with Gasteiger partial charge in [-0.05, 0) is 31.4 Å². The van der Waals surface area contributed by atoms with E-state index in [4.69, 9.17) is 18.9 Å². The topological polar surface area (TPSA) is 233 Å². The minimum absolute atomic E-state index is 0.0200. The number of amides is 4. The molecule has 0 bridgehead atoms. The number of aryl methyl sites for hydroxylation is 2. The van der Waals surface area contributed by atoms with Crippen molar-refractivity contribution in [1.82, 2.24) is 19.0 Å². The second-order valence-corrected chi connectivity index (χ2v) is 13.8. The predicted molar refractivity (Wildman–Crippen MR) is 203 cm³/mol. The first-order valence-corrected chi connectivity index (χ1v) is 18.4. The third-order valence-corrected chi connectivity index (χ3v) is 9.89. The van der Waals surface area contributed by atoms with Gasteiger partial charge in [0.15, 0.2) is 28.6 Å². The van der Waals surface area contributed by atoms with Crippen LogP contribution in [0.1, 0.15) is 67.5 Å². The first-order valence-electron chi connectivity index (χ1n) is 17.5. The first kappa shape index (κ1) is 40.0. The zero-order valence-electron chi connectivity index (χ0n) is 31.1. The van der Waals surface area contributed by atoms with Gasteiger partial charge in [-0.15, -0.1) is 11.3 Å². The number of carboxylic acid groups (broad SMARTS) is 1. The molecule has 4 amide bonds. The maximum atomic E-state index is 13.6. The van der Waals surface area contributed by atoms with E-state index in [1.807, 2.05) is 0 Å². The quantitative estimate of drug-likeness (QED) is 0.0807. The standard InChI is InChI=1S/C37H39N7O12S/c1-5-11-55-37(52)44-25-16-29(28(53-4)15-22(25)32(47)43-10-6-8-24(43)33(44)48)54-12-7-9-30(45)38-20-13-26(41(2)17-20)31(46)40-36-39-23(19-57-36)35(51)56-21-14-27(34(49)50)42(3)18-21/h5,13-19,24,33,48H,1,6-12H2,2-4H3,(H,38,45)(H,49,50)(H,39,40,46)/t24-,33?/m0/s1. The fraction of sp³-hybridized carbons (Fsp3) is 0.324. The molecule has 0 spiro atoms. The Morgan fingerprint density at radius 2 is 1.82 bits per heavy atom. The highest BCUT2D eigenvalue weighted by atomic mass is 32.1. The molecule has 4 N–H and O–H groups in total. The number of benzene rings is 1. The minimum Gasteiger partial charge on any atom is -0.493 e. The Hall–Kier alpha value is -6.67. The van der Waals surface area contributed by atoms with Crippen molar-refractivity contribution in [3.63, 3.8) is 0 Å². The number of thiazole rings is 1. The smallest absolute Gasteiger partial charge is 0.416 e. The number of nitrogens with one attached hydrogen (secondary N) is 2. The van der Waals surface area contributed by atoms with Crippen molar-refractivity contribution in [2.45, 2.75) is 38.0 Å². The van der Waals surface area contributed by atoms with Gasteiger partial charge in [0.1, 0.15) is 23.7 Å². The van der Waals surface area contributed by atoms with Crippen molar-refractivity contribution in [3.8, 4) is 17.2 Å². The third-order valence-electron chi connectivity index (χ3n) is 9.13. The SMILES string of the molecule is C=CCOC(=O)N1c2cc(OCCCC(=O)Nc3cc(C(=O)Nc4nc(C(=O)Oc5cc(C(=O)O)n(C)c5)cs4)n(C)c3)c(OC)cc2C(=O)N2CCC[C@H]2C1O. The number of carbonyl (C=O) groups is 6. The summed E-state index contributed by atoms with van der Waals surface area (Å²) in [6, 6.07) is 4.93. The molecule has 1 saturated heterocycles. The molecule has 2 atom stereocenters. The van der Waals surface area contributed by atoms with E-state index in [9.17, 15) is 39.0 Å². The summed E-state index contributed by atoms with van der Waals surface area (Å²) < 4.78 is 24.7. The van der Waals surface area contributed by atoms with Crippen LogP contribution in [0.3, 0.4) is 0 Å². The van der Waals surface area contributed by atoms with Crippen LogP contribution in [0.25, 0.3) is 0 Å². The summed E-state index contributed by atoms with van der Waals surface area (Å²) in [6.45, 7) is 3.90. The highest BCUT2D eigenvalue weighted by Crippen LogP contribution is 2.41. The molecule has 300 valence electrons. The van der Waals surface area contributed by atoms with Gasteiger partial charge < -0.3 is 48.5 Å². The fourth-order valence-electron chi connectivity index (χ4n) is 6.47. The minimum atomic E-state index is -1.38. The normalized spacial score (nSPS) is 15.9. The van der Waals surface area contributed by atoms with Crippen LogP contribution in [0.2, 0.25) is 0 Å². The van der Waals surface area contributed by atoms with Crippen molar-refractivity contribution in [3.05, 3.63) is 77.3 Å². The van der Waals surface area contributed by atoms with Gasteiger partial charge >= 0.3 is 18.0 Å². The van der Waals surface area contributed by atoms with Crippen molar-refractivity contribution in [1.29, 1.82) is 0 Å². The largest absolute Gasteiger partial charge is 0.493 e. The van der Waals surface area contributed by atoms with Crippen LogP contribution in [0.15, 0.2) is 54.7 Å². The molecule has 19 nitrogen and oxygen atoms in total. The number of fused-ring (bicyclic) bond motifs is 2. The molecule has 5 heterocycles. The molecule has 57 heavy (non-hydrogen) atoms. The molecule has 2 aliphatic heterocycles. The lowest BCUT2D eigenvalue weighted by Crippen LogP contribution is -2.50. The van der Waals surface area contributed by atoms with E-state index >= 15 is 0 Å². The Bertz CT molecular complexity index is 2240. The number of aliphatic hydroxyl groups excluding tert-OH is 1. The van der Waals surface area contributed by atoms with Gasteiger partial charge in [-0.25, -0.2) is 24.3 Å². The van der Waals surface area contributed by atoms with E-state index in [0.717, 1.165) is 16.2 Å². The van der Waals surface area contributed by atoms with E-state index in [1.165, 1.54) is 70.1 Å². The highest BCUT2D eigenvalue weighted by Gasteiger charge is 2.45. The number of aliphatic hydroxyl groups is 1. The zero-order valence-corrected chi connectivity index (χ0v) is 31.9. The average Bonchev–Trinajstić information content (AvgIpc) is 3.99. The maximum absolute atomic E-state index is 13.6. The molecule has 2 aliphatic rings. The number of nitrogens with zero attached hydrogens (tertiary/aromatic N) is 5. The van der Waals surface area contributed by atoms with Gasteiger partial charge in [0.25, 0.3) is 11.8 Å². The number of esters is 1. The molecule has 0 saturated carbocycles. The number of methoxy groups -OCH3 is 1. The number of ether oxygens (including phenoxy) is 4. The Morgan fingerprint density at radius 3 is 2.54 bits per heavy atom. The molecule has 6 rings (SSSR count). The Kier molecular flexibility index (Phi) is 11.9. The van der Waals surface area contributed by atoms with Crippen LogP contribution in [0.5, 0.6) is 17.2 Å². The molecule has 1 fully saturated rings. The van der Waals surface area contributed by atoms with E-state index in [1.54, 1.807) is 13.2 Å². The summed E-state index contributed by atoms with van der Waals surface area (Å²) in [6.07, 6.45) is 3.47. The molecule has 1 aromatic carbocycles. The van der Waals surface area contributed by atoms with E-state index < -0.39 is 36.2 Å². The van der Waals surface area contributed by atoms with Gasteiger partial charge in [0, 0.05) is 57.0 Å². The number of carbonyl (C=O) groups excluding carboxylic acids is 5. The van der Waals surface area contributed by atoms with Gasteiger partial charge in [0.2, 0.25) is 5.91 Å². The molecule has 0 radical (unpaired) electrons. The summed E-state index contributed by atoms with van der Waals surface area (Å²) >= 11 is 0.979. The molecule has 3 aromatic heterocycles. The van der Waals surface area contributed by atoms with E-state index in [0.29, 0.717) is 25.1 Å². The van der Waals surface area contributed by atoms with Gasteiger partial charge in [-0.1, -0.05) is 12.7 Å². The van der Waals surface area contributed by atoms with Crippen molar-refractivity contribution in [2.75, 3.05) is 42.4 Å². The molecule has 0 aliphatic carbocycles. The Balaban J connectivity index is 1.04. The summed E-state index contributed by atoms with van der Waals surface area (Å²) in [4.78, 5) is 83.2. The second-order valence-electron chi connectivity index (χ2n) is 13.0. The fourth-order valence-corrected chi connectivity index (χ4v) is 7.14. The van der Waals surface area contributed by atoms with Crippen molar-refractivity contribution in [2.24, 2.45) is 14.1 Å². The molecular formula is C37H39N7O12S. The van der Waals surface area contributed by atoms with Crippen LogP contribution >= 0.6 is 11.3 Å². The predicted octanol–water partition coefficient (Wildman–Crippen LogP) is 3.86. The van der Waals surface area contributed by atoms with Gasteiger partial charge in [0.05, 0.1) is 36.7 Å². The van der Waals surface area contributed by atoms with Crippen molar-refractivity contribution < 1.29 is 57.9 Å². The zero-order chi connectivity index (χ0) is 41.0. The van der Waals surface area contributed by atoms with Crippen LogP contribution in [-0.2, 0) is 23.6 Å². The number of anilines is 3. The number of aromatic nitrogens is 3. The second kappa shape index (κ2) is 17.0. The average molecular weight is 806 g/mol. The van der Waals surface area contributed by atoms with Crippen molar-refractivity contribution >= 4 is 63.6 Å². The van der Waals surface area contributed by atoms with Crippen LogP contribution in [0.4, 0.5) is 21.3 Å². The molecular weight excluding hydrogens is 767 g/mol. The maximum Gasteiger partial charge on any atom is 0.416 e. The van der Waals surface area contributed by atoms with Gasteiger partial charge in [-0.2, -0.15) is 0 Å². The number of aromatic carboxylic acids is 1. The number of carboxylic acids is 1. The Morgan fingerprint density at radius 1 is 1.05 bits per heavy atom. The third kappa shape index (κ3) is 8.60. The van der Waals surface area contributed by atoms with E-state index in [-0.39, 0.29) is 88.6 Å². The summed E-state index contributed by atoms with van der Waals surface area (Å²) in [5.74, 6) is -2.92. The lowest BCUT2D eigenvalue weighted by Gasteiger charge is -2.31. The summed E-state index contributed by atoms with van der Waals surface area (Å²) in [5.41, 5.74) is 0.580. The highest BCUT2D eigenvalue weighted by molar-refractivity contribution is 7.14. The van der Waals surface area contributed by atoms with Crippen LogP contribution in [0, 0.1) is 0 Å². The summed E-state index contributed by atoms with van der Waals surface area (Å²) in [5, 5.41) is 27.3. The van der Waals surface area contributed by atoms with Crippen LogP contribution in [-0.4, -0.2) is 104 Å². The lowest BCUT2D eigenvalue weighted by atomic mass is 10.1. The molecule has 4 aromatic rings. The van der Waals surface area contributed by atoms with E-state index in [2.05, 4.69) is 22.2 Å². The molecule has 20 heteroatoms. The monoisotopic (exact) mass is 805 g/mol. The summed E-state index contributed by atoms with van der Waals surface area (Å²) in [7, 11) is 4.51. The van der Waals surface area contributed by atoms with Crippen LogP contribution < -0.4 is 29.7 Å².